The molecule has 0 bridgehead atoms. The zero-order valence-electron chi connectivity index (χ0n) is 17.7. The summed E-state index contributed by atoms with van der Waals surface area (Å²) in [5.74, 6) is 0.746. The molecule has 0 amide bonds. The van der Waals surface area contributed by atoms with E-state index in [1.807, 2.05) is 53.2 Å². The summed E-state index contributed by atoms with van der Waals surface area (Å²) in [6.07, 6.45) is 3.90. The van der Waals surface area contributed by atoms with Crippen LogP contribution >= 0.6 is 0 Å². The first-order valence-corrected chi connectivity index (χ1v) is 10.5. The highest BCUT2D eigenvalue weighted by Crippen LogP contribution is 2.35. The van der Waals surface area contributed by atoms with Gasteiger partial charge in [-0.05, 0) is 38.6 Å². The van der Waals surface area contributed by atoms with Crippen molar-refractivity contribution in [3.8, 4) is 28.3 Å². The molecular formula is C24H25N5O2. The van der Waals surface area contributed by atoms with Gasteiger partial charge in [0.25, 0.3) is 5.56 Å². The first-order chi connectivity index (χ1) is 15.1. The van der Waals surface area contributed by atoms with Gasteiger partial charge in [0.05, 0.1) is 29.9 Å². The van der Waals surface area contributed by atoms with E-state index in [4.69, 9.17) is 14.9 Å². The van der Waals surface area contributed by atoms with Gasteiger partial charge < -0.3 is 9.64 Å². The Bertz CT molecular complexity index is 1280. The van der Waals surface area contributed by atoms with Crippen LogP contribution in [0, 0.1) is 0 Å². The number of rotatable bonds is 4. The number of pyridine rings is 1. The standard InChI is InChI=1S/C24H25N5O2/c1-27-13-6-9-18(16-27)29-22(30)11-10-20(25-29)23-21-15-19(31-2)12-14-28(21)26-24(23)17-7-4-3-5-8-17/h3-5,7-8,10-12,14-15,18H,6,9,13,16H2,1-2H3. The van der Waals surface area contributed by atoms with Gasteiger partial charge in [-0.15, -0.1) is 0 Å². The Morgan fingerprint density at radius 2 is 1.90 bits per heavy atom. The van der Waals surface area contributed by atoms with Crippen molar-refractivity contribution in [2.75, 3.05) is 27.2 Å². The topological polar surface area (TPSA) is 64.7 Å². The molecule has 158 valence electrons. The van der Waals surface area contributed by atoms with Gasteiger partial charge >= 0.3 is 0 Å². The number of piperidine rings is 1. The summed E-state index contributed by atoms with van der Waals surface area (Å²) < 4.78 is 8.95. The monoisotopic (exact) mass is 415 g/mol. The van der Waals surface area contributed by atoms with E-state index in [9.17, 15) is 4.79 Å². The van der Waals surface area contributed by atoms with Gasteiger partial charge in [0, 0.05) is 30.4 Å². The Hall–Kier alpha value is -3.45. The quantitative estimate of drug-likeness (QED) is 0.510. The van der Waals surface area contributed by atoms with Crippen molar-refractivity contribution in [3.05, 3.63) is 71.1 Å². The SMILES string of the molecule is COc1ccn2nc(-c3ccccc3)c(-c3ccc(=O)n(C4CCCN(C)C4)n3)c2c1. The van der Waals surface area contributed by atoms with Crippen LogP contribution in [-0.4, -0.2) is 51.5 Å². The first-order valence-electron chi connectivity index (χ1n) is 10.5. The Kier molecular flexibility index (Phi) is 5.03. The second-order valence-electron chi connectivity index (χ2n) is 8.05. The second kappa shape index (κ2) is 8.00. The molecule has 5 rings (SSSR count). The summed E-state index contributed by atoms with van der Waals surface area (Å²) in [6, 6.07) is 17.4. The molecule has 1 atom stereocenters. The van der Waals surface area contributed by atoms with Crippen molar-refractivity contribution < 1.29 is 4.74 Å². The van der Waals surface area contributed by atoms with E-state index >= 15 is 0 Å². The molecule has 1 aliphatic rings. The van der Waals surface area contributed by atoms with Crippen LogP contribution in [0.15, 0.2) is 65.6 Å². The summed E-state index contributed by atoms with van der Waals surface area (Å²) >= 11 is 0. The second-order valence-corrected chi connectivity index (χ2v) is 8.05. The molecule has 0 saturated carbocycles. The molecule has 3 aromatic heterocycles. The van der Waals surface area contributed by atoms with Crippen LogP contribution in [-0.2, 0) is 0 Å². The van der Waals surface area contributed by atoms with Crippen molar-refractivity contribution in [1.29, 1.82) is 0 Å². The molecule has 31 heavy (non-hydrogen) atoms. The van der Waals surface area contributed by atoms with E-state index < -0.39 is 0 Å². The molecule has 0 aliphatic carbocycles. The third-order valence-corrected chi connectivity index (χ3v) is 5.92. The maximum Gasteiger partial charge on any atom is 0.267 e. The fraction of sp³-hybridized carbons (Fsp3) is 0.292. The molecule has 7 nitrogen and oxygen atoms in total. The fourth-order valence-corrected chi connectivity index (χ4v) is 4.36. The molecule has 7 heteroatoms. The molecule has 0 N–H and O–H groups in total. The molecule has 1 saturated heterocycles. The Morgan fingerprint density at radius 3 is 2.68 bits per heavy atom. The van der Waals surface area contributed by atoms with E-state index in [2.05, 4.69) is 11.9 Å². The summed E-state index contributed by atoms with van der Waals surface area (Å²) in [4.78, 5) is 15.0. The van der Waals surface area contributed by atoms with Crippen molar-refractivity contribution in [2.45, 2.75) is 18.9 Å². The minimum atomic E-state index is -0.0700. The van der Waals surface area contributed by atoms with Gasteiger partial charge in [0.2, 0.25) is 0 Å². The summed E-state index contributed by atoms with van der Waals surface area (Å²) in [5, 5.41) is 9.68. The first kappa shape index (κ1) is 19.5. The van der Waals surface area contributed by atoms with Gasteiger partial charge in [0.1, 0.15) is 11.4 Å². The molecular weight excluding hydrogens is 390 g/mol. The van der Waals surface area contributed by atoms with Gasteiger partial charge in [-0.3, -0.25) is 4.79 Å². The van der Waals surface area contributed by atoms with Crippen molar-refractivity contribution >= 4 is 5.52 Å². The molecule has 0 radical (unpaired) electrons. The molecule has 1 fully saturated rings. The Morgan fingerprint density at radius 1 is 1.06 bits per heavy atom. The number of likely N-dealkylation sites (tertiary alicyclic amines) is 1. The number of methoxy groups -OCH3 is 1. The number of fused-ring (bicyclic) bond motifs is 1. The average molecular weight is 415 g/mol. The Balaban J connectivity index is 1.72. The smallest absolute Gasteiger partial charge is 0.267 e. The van der Waals surface area contributed by atoms with Crippen molar-refractivity contribution in [1.82, 2.24) is 24.3 Å². The third-order valence-electron chi connectivity index (χ3n) is 5.92. The molecule has 1 aliphatic heterocycles. The van der Waals surface area contributed by atoms with Crippen LogP contribution in [0.3, 0.4) is 0 Å². The minimum Gasteiger partial charge on any atom is -0.497 e. The molecule has 1 unspecified atom stereocenters. The summed E-state index contributed by atoms with van der Waals surface area (Å²) in [5.41, 5.74) is 4.26. The zero-order valence-corrected chi connectivity index (χ0v) is 17.7. The molecule has 4 aromatic rings. The number of nitrogens with zero attached hydrogens (tertiary/aromatic N) is 5. The predicted octanol–water partition coefficient (Wildman–Crippen LogP) is 3.50. The lowest BCUT2D eigenvalue weighted by atomic mass is 10.0. The van der Waals surface area contributed by atoms with E-state index in [-0.39, 0.29) is 11.6 Å². The van der Waals surface area contributed by atoms with E-state index in [1.165, 1.54) is 0 Å². The highest BCUT2D eigenvalue weighted by molar-refractivity contribution is 5.91. The van der Waals surface area contributed by atoms with E-state index in [0.717, 1.165) is 59.7 Å². The lowest BCUT2D eigenvalue weighted by Crippen LogP contribution is -2.38. The zero-order chi connectivity index (χ0) is 21.4. The third kappa shape index (κ3) is 3.61. The molecule has 0 spiro atoms. The predicted molar refractivity (Wildman–Crippen MR) is 120 cm³/mol. The summed E-state index contributed by atoms with van der Waals surface area (Å²) in [7, 11) is 3.74. The minimum absolute atomic E-state index is 0.0700. The number of likely N-dealkylation sites (N-methyl/N-ethyl adjacent to an activating group) is 1. The highest BCUT2D eigenvalue weighted by atomic mass is 16.5. The van der Waals surface area contributed by atoms with Gasteiger partial charge in [0.15, 0.2) is 0 Å². The number of hydrogen-bond acceptors (Lipinski definition) is 5. The largest absolute Gasteiger partial charge is 0.497 e. The van der Waals surface area contributed by atoms with Crippen LogP contribution < -0.4 is 10.3 Å². The van der Waals surface area contributed by atoms with Crippen molar-refractivity contribution in [3.63, 3.8) is 0 Å². The number of aromatic nitrogens is 4. The van der Waals surface area contributed by atoms with Crippen LogP contribution in [0.25, 0.3) is 28.0 Å². The fourth-order valence-electron chi connectivity index (χ4n) is 4.36. The van der Waals surface area contributed by atoms with Gasteiger partial charge in [-0.2, -0.15) is 10.2 Å². The van der Waals surface area contributed by atoms with Gasteiger partial charge in [-0.25, -0.2) is 9.20 Å². The Labute approximate surface area is 180 Å². The summed E-state index contributed by atoms with van der Waals surface area (Å²) in [6.45, 7) is 1.88. The average Bonchev–Trinajstić information content (AvgIpc) is 3.18. The van der Waals surface area contributed by atoms with E-state index in [0.29, 0.717) is 0 Å². The van der Waals surface area contributed by atoms with Crippen LogP contribution in [0.2, 0.25) is 0 Å². The van der Waals surface area contributed by atoms with Crippen LogP contribution in [0.5, 0.6) is 5.75 Å². The highest BCUT2D eigenvalue weighted by Gasteiger charge is 2.23. The number of benzene rings is 1. The van der Waals surface area contributed by atoms with Gasteiger partial charge in [-0.1, -0.05) is 30.3 Å². The normalized spacial score (nSPS) is 17.2. The van der Waals surface area contributed by atoms with Crippen molar-refractivity contribution in [2.24, 2.45) is 0 Å². The lowest BCUT2D eigenvalue weighted by Gasteiger charge is -2.30. The van der Waals surface area contributed by atoms with Crippen LogP contribution in [0.1, 0.15) is 18.9 Å². The maximum absolute atomic E-state index is 12.7. The van der Waals surface area contributed by atoms with Crippen LogP contribution in [0.4, 0.5) is 0 Å². The molecule has 1 aromatic carbocycles. The maximum atomic E-state index is 12.7. The van der Waals surface area contributed by atoms with E-state index in [1.54, 1.807) is 23.9 Å². The number of ether oxygens (including phenoxy) is 1. The number of hydrogen-bond donors (Lipinski definition) is 0. The molecule has 4 heterocycles. The lowest BCUT2D eigenvalue weighted by molar-refractivity contribution is 0.198.